The van der Waals surface area contributed by atoms with Crippen LogP contribution in [0.5, 0.6) is 17.2 Å². The van der Waals surface area contributed by atoms with Crippen molar-refractivity contribution in [1.29, 1.82) is 0 Å². The Hall–Kier alpha value is -2.61. The molecule has 0 amide bonds. The molecule has 2 N–H and O–H groups in total. The molecule has 31 heavy (non-hydrogen) atoms. The molecule has 7 nitrogen and oxygen atoms in total. The molecule has 1 aromatic heterocycles. The Bertz CT molecular complexity index is 808. The number of guanidine groups is 1. The van der Waals surface area contributed by atoms with Crippen molar-refractivity contribution in [1.82, 2.24) is 10.6 Å². The third kappa shape index (κ3) is 6.19. The average Bonchev–Trinajstić information content (AvgIpc) is 3.34. The summed E-state index contributed by atoms with van der Waals surface area (Å²) in [6.07, 6.45) is 2.91. The number of nitrogens with one attached hydrogen (secondary N) is 2. The maximum atomic E-state index is 5.55. The highest BCUT2D eigenvalue weighted by atomic mass is 32.1. The van der Waals surface area contributed by atoms with Crippen LogP contribution in [0, 0.1) is 0 Å². The standard InChI is InChI=1S/C23H34N4O3S/c1-5-24-23(26-17-9-12-27(13-10-17)22-7-6-14-31-22)25-11-8-19-20(29-3)15-18(28-2)16-21(19)30-4/h6-7,14-17H,5,8-13H2,1-4H3,(H2,24,25,26). The van der Waals surface area contributed by atoms with Gasteiger partial charge in [-0.1, -0.05) is 0 Å². The Morgan fingerprint density at radius 2 is 1.84 bits per heavy atom. The first-order valence-electron chi connectivity index (χ1n) is 10.8. The molecule has 1 fully saturated rings. The molecule has 1 saturated heterocycles. The summed E-state index contributed by atoms with van der Waals surface area (Å²) in [5.74, 6) is 3.09. The number of thiophene rings is 1. The maximum Gasteiger partial charge on any atom is 0.191 e. The Morgan fingerprint density at radius 3 is 2.39 bits per heavy atom. The lowest BCUT2D eigenvalue weighted by molar-refractivity contribution is 0.369. The second kappa shape index (κ2) is 11.7. The first-order valence-corrected chi connectivity index (χ1v) is 11.7. The molecule has 0 unspecified atom stereocenters. The molecule has 0 atom stereocenters. The summed E-state index contributed by atoms with van der Waals surface area (Å²) in [5.41, 5.74) is 0.995. The third-order valence-corrected chi connectivity index (χ3v) is 6.38. The molecule has 0 bridgehead atoms. The molecule has 2 aromatic rings. The van der Waals surface area contributed by atoms with Gasteiger partial charge in [-0.25, -0.2) is 0 Å². The summed E-state index contributed by atoms with van der Waals surface area (Å²) in [7, 11) is 4.96. The zero-order valence-electron chi connectivity index (χ0n) is 18.9. The number of piperidine rings is 1. The van der Waals surface area contributed by atoms with E-state index in [1.807, 2.05) is 23.5 Å². The fourth-order valence-corrected chi connectivity index (χ4v) is 4.60. The molecule has 170 valence electrons. The van der Waals surface area contributed by atoms with Crippen molar-refractivity contribution in [3.05, 3.63) is 35.2 Å². The Labute approximate surface area is 189 Å². The zero-order chi connectivity index (χ0) is 22.1. The fraction of sp³-hybridized carbons (Fsp3) is 0.522. The molecule has 1 aliphatic heterocycles. The van der Waals surface area contributed by atoms with Crippen LogP contribution in [0.2, 0.25) is 0 Å². The van der Waals surface area contributed by atoms with Gasteiger partial charge >= 0.3 is 0 Å². The number of hydrogen-bond donors (Lipinski definition) is 2. The van der Waals surface area contributed by atoms with E-state index < -0.39 is 0 Å². The largest absolute Gasteiger partial charge is 0.496 e. The highest BCUT2D eigenvalue weighted by Gasteiger charge is 2.21. The Balaban J connectivity index is 1.59. The monoisotopic (exact) mass is 446 g/mol. The summed E-state index contributed by atoms with van der Waals surface area (Å²) in [6.45, 7) is 5.68. The van der Waals surface area contributed by atoms with Crippen LogP contribution in [0.15, 0.2) is 34.6 Å². The van der Waals surface area contributed by atoms with E-state index in [1.165, 1.54) is 5.00 Å². The van der Waals surface area contributed by atoms with Gasteiger partial charge in [0.25, 0.3) is 0 Å². The lowest BCUT2D eigenvalue weighted by Crippen LogP contribution is -2.48. The van der Waals surface area contributed by atoms with Gasteiger partial charge in [0.2, 0.25) is 0 Å². The minimum Gasteiger partial charge on any atom is -0.496 e. The van der Waals surface area contributed by atoms with Crippen LogP contribution in [0.25, 0.3) is 0 Å². The second-order valence-electron chi connectivity index (χ2n) is 7.38. The third-order valence-electron chi connectivity index (χ3n) is 5.45. The van der Waals surface area contributed by atoms with Crippen LogP contribution < -0.4 is 29.7 Å². The van der Waals surface area contributed by atoms with Crippen LogP contribution in [0.1, 0.15) is 25.3 Å². The van der Waals surface area contributed by atoms with Crippen molar-refractivity contribution in [3.8, 4) is 17.2 Å². The lowest BCUT2D eigenvalue weighted by Gasteiger charge is -2.33. The highest BCUT2D eigenvalue weighted by molar-refractivity contribution is 7.14. The van der Waals surface area contributed by atoms with E-state index in [-0.39, 0.29) is 0 Å². The van der Waals surface area contributed by atoms with Gasteiger partial charge in [-0.05, 0) is 43.7 Å². The first kappa shape index (κ1) is 23.1. The van der Waals surface area contributed by atoms with Crippen molar-refractivity contribution < 1.29 is 14.2 Å². The van der Waals surface area contributed by atoms with E-state index in [0.29, 0.717) is 24.8 Å². The van der Waals surface area contributed by atoms with E-state index in [1.54, 1.807) is 21.3 Å². The van der Waals surface area contributed by atoms with Gasteiger partial charge < -0.3 is 29.7 Å². The second-order valence-corrected chi connectivity index (χ2v) is 8.30. The summed E-state index contributed by atoms with van der Waals surface area (Å²) >= 11 is 1.81. The maximum absolute atomic E-state index is 5.55. The molecule has 1 aliphatic rings. The number of aliphatic imine (C=N–C) groups is 1. The predicted molar refractivity (Wildman–Crippen MR) is 128 cm³/mol. The number of benzene rings is 1. The smallest absolute Gasteiger partial charge is 0.191 e. The molecule has 0 spiro atoms. The predicted octanol–water partition coefficient (Wildman–Crippen LogP) is 3.54. The molecule has 2 heterocycles. The van der Waals surface area contributed by atoms with E-state index in [4.69, 9.17) is 19.2 Å². The molecular weight excluding hydrogens is 412 g/mol. The Kier molecular flexibility index (Phi) is 8.70. The number of methoxy groups -OCH3 is 3. The number of anilines is 1. The van der Waals surface area contributed by atoms with Crippen molar-refractivity contribution >= 4 is 22.3 Å². The van der Waals surface area contributed by atoms with Gasteiger partial charge in [0.15, 0.2) is 5.96 Å². The van der Waals surface area contributed by atoms with Crippen LogP contribution >= 0.6 is 11.3 Å². The molecular formula is C23H34N4O3S. The SMILES string of the molecule is CCNC(=NCCc1c(OC)cc(OC)cc1OC)NC1CCN(c2cccs2)CC1. The van der Waals surface area contributed by atoms with Crippen LogP contribution in [0.4, 0.5) is 5.00 Å². The summed E-state index contributed by atoms with van der Waals surface area (Å²) in [5, 5.41) is 10.5. The number of rotatable bonds is 9. The molecule has 8 heteroatoms. The Morgan fingerprint density at radius 1 is 1.13 bits per heavy atom. The average molecular weight is 447 g/mol. The summed E-state index contributed by atoms with van der Waals surface area (Å²) in [6, 6.07) is 8.51. The van der Waals surface area contributed by atoms with Crippen LogP contribution in [-0.4, -0.2) is 59.5 Å². The summed E-state index contributed by atoms with van der Waals surface area (Å²) < 4.78 is 16.4. The minimum atomic E-state index is 0.430. The van der Waals surface area contributed by atoms with E-state index in [2.05, 4.69) is 40.0 Å². The van der Waals surface area contributed by atoms with Gasteiger partial charge in [0.05, 0.1) is 26.3 Å². The van der Waals surface area contributed by atoms with Gasteiger partial charge in [0, 0.05) is 49.9 Å². The van der Waals surface area contributed by atoms with Gasteiger partial charge in [0.1, 0.15) is 17.2 Å². The number of nitrogens with zero attached hydrogens (tertiary/aromatic N) is 2. The van der Waals surface area contributed by atoms with E-state index >= 15 is 0 Å². The molecule has 0 aliphatic carbocycles. The molecule has 0 radical (unpaired) electrons. The van der Waals surface area contributed by atoms with Crippen molar-refractivity contribution in [2.45, 2.75) is 32.2 Å². The van der Waals surface area contributed by atoms with Crippen molar-refractivity contribution in [2.24, 2.45) is 4.99 Å². The summed E-state index contributed by atoms with van der Waals surface area (Å²) in [4.78, 5) is 7.27. The zero-order valence-corrected chi connectivity index (χ0v) is 19.8. The fourth-order valence-electron chi connectivity index (χ4n) is 3.81. The molecule has 3 rings (SSSR count). The van der Waals surface area contributed by atoms with Crippen LogP contribution in [-0.2, 0) is 6.42 Å². The van der Waals surface area contributed by atoms with Gasteiger partial charge in [-0.15, -0.1) is 11.3 Å². The van der Waals surface area contributed by atoms with Gasteiger partial charge in [-0.3, -0.25) is 4.99 Å². The van der Waals surface area contributed by atoms with E-state index in [0.717, 1.165) is 55.5 Å². The van der Waals surface area contributed by atoms with Gasteiger partial charge in [-0.2, -0.15) is 0 Å². The van der Waals surface area contributed by atoms with Crippen LogP contribution in [0.3, 0.4) is 0 Å². The minimum absolute atomic E-state index is 0.430. The first-order chi connectivity index (χ1) is 15.2. The molecule has 1 aromatic carbocycles. The quantitative estimate of drug-likeness (QED) is 0.454. The highest BCUT2D eigenvalue weighted by Crippen LogP contribution is 2.34. The lowest BCUT2D eigenvalue weighted by atomic mass is 10.1. The van der Waals surface area contributed by atoms with E-state index in [9.17, 15) is 0 Å². The van der Waals surface area contributed by atoms with Crippen molar-refractivity contribution in [3.63, 3.8) is 0 Å². The normalized spacial score (nSPS) is 15.0. The topological polar surface area (TPSA) is 67.4 Å². The number of hydrogen-bond acceptors (Lipinski definition) is 6. The van der Waals surface area contributed by atoms with Crippen molar-refractivity contribution in [2.75, 3.05) is 52.4 Å². The number of ether oxygens (including phenoxy) is 3. The molecule has 0 saturated carbocycles.